The maximum atomic E-state index is 12.7. The number of aromatic nitrogens is 1. The van der Waals surface area contributed by atoms with Crippen LogP contribution in [-0.4, -0.2) is 23.8 Å². The van der Waals surface area contributed by atoms with Crippen molar-refractivity contribution < 1.29 is 18.7 Å². The highest BCUT2D eigenvalue weighted by Gasteiger charge is 2.15. The van der Waals surface area contributed by atoms with Crippen LogP contribution in [0.4, 0.5) is 5.13 Å². The second-order valence-electron chi connectivity index (χ2n) is 7.25. The van der Waals surface area contributed by atoms with Crippen molar-refractivity contribution in [3.05, 3.63) is 101 Å². The first kappa shape index (κ1) is 20.7. The van der Waals surface area contributed by atoms with Crippen molar-refractivity contribution in [3.63, 3.8) is 0 Å². The number of para-hydroxylation sites is 1. The molecule has 162 valence electrons. The molecular weight excluding hydrogens is 436 g/mol. The van der Waals surface area contributed by atoms with Crippen LogP contribution < -0.4 is 10.1 Å². The summed E-state index contributed by atoms with van der Waals surface area (Å²) in [6.07, 6.45) is 0. The number of ketones is 1. The number of thiazole rings is 1. The SMILES string of the molecule is COc1cccc2cc(-c3csc(NC(=O)c4ccc(C(=O)c5ccccc5)cc4)n3)oc12. The van der Waals surface area contributed by atoms with Crippen LogP contribution >= 0.6 is 11.3 Å². The Morgan fingerprint density at radius 3 is 2.39 bits per heavy atom. The summed E-state index contributed by atoms with van der Waals surface area (Å²) in [7, 11) is 1.59. The third-order valence-electron chi connectivity index (χ3n) is 5.15. The molecule has 7 heteroatoms. The van der Waals surface area contributed by atoms with Gasteiger partial charge in [-0.15, -0.1) is 11.3 Å². The van der Waals surface area contributed by atoms with E-state index in [-0.39, 0.29) is 11.7 Å². The molecule has 2 aromatic heterocycles. The van der Waals surface area contributed by atoms with E-state index in [1.165, 1.54) is 11.3 Å². The molecule has 0 fully saturated rings. The number of methoxy groups -OCH3 is 1. The van der Waals surface area contributed by atoms with Gasteiger partial charge in [-0.1, -0.05) is 54.6 Å². The zero-order valence-electron chi connectivity index (χ0n) is 17.6. The number of carbonyl (C=O) groups excluding carboxylic acids is 2. The fourth-order valence-corrected chi connectivity index (χ4v) is 4.16. The number of benzene rings is 3. The normalized spacial score (nSPS) is 10.8. The van der Waals surface area contributed by atoms with Crippen molar-refractivity contribution in [2.24, 2.45) is 0 Å². The quantitative estimate of drug-likeness (QED) is 0.316. The number of furan rings is 1. The summed E-state index contributed by atoms with van der Waals surface area (Å²) < 4.78 is 11.3. The van der Waals surface area contributed by atoms with E-state index in [2.05, 4.69) is 10.3 Å². The number of nitrogens with zero attached hydrogens (tertiary/aromatic N) is 1. The zero-order valence-corrected chi connectivity index (χ0v) is 18.4. The zero-order chi connectivity index (χ0) is 22.8. The smallest absolute Gasteiger partial charge is 0.257 e. The van der Waals surface area contributed by atoms with Gasteiger partial charge in [0.05, 0.1) is 7.11 Å². The lowest BCUT2D eigenvalue weighted by Crippen LogP contribution is -2.12. The number of nitrogens with one attached hydrogen (secondary N) is 1. The van der Waals surface area contributed by atoms with Crippen molar-refractivity contribution in [1.82, 2.24) is 4.98 Å². The first-order chi connectivity index (χ1) is 16.1. The fraction of sp³-hybridized carbons (Fsp3) is 0.0385. The molecule has 0 aliphatic rings. The molecule has 3 aromatic carbocycles. The number of ether oxygens (including phenoxy) is 1. The molecule has 0 saturated carbocycles. The van der Waals surface area contributed by atoms with E-state index in [1.54, 1.807) is 43.5 Å². The summed E-state index contributed by atoms with van der Waals surface area (Å²) in [5.41, 5.74) is 2.84. The highest BCUT2D eigenvalue weighted by molar-refractivity contribution is 7.14. The van der Waals surface area contributed by atoms with E-state index in [0.717, 1.165) is 5.39 Å². The molecule has 0 spiro atoms. The second kappa shape index (κ2) is 8.72. The molecular formula is C26H18N2O4S. The first-order valence-corrected chi connectivity index (χ1v) is 11.0. The van der Waals surface area contributed by atoms with Crippen molar-refractivity contribution in [2.75, 3.05) is 12.4 Å². The minimum Gasteiger partial charge on any atom is -0.493 e. The van der Waals surface area contributed by atoms with Crippen molar-refractivity contribution in [1.29, 1.82) is 0 Å². The Morgan fingerprint density at radius 1 is 0.909 bits per heavy atom. The van der Waals surface area contributed by atoms with Crippen LogP contribution in [0.5, 0.6) is 5.75 Å². The Bertz CT molecular complexity index is 1450. The van der Waals surface area contributed by atoms with Gasteiger partial charge in [0, 0.05) is 27.5 Å². The minimum absolute atomic E-state index is 0.0883. The summed E-state index contributed by atoms with van der Waals surface area (Å²) in [5, 5.41) is 5.98. The van der Waals surface area contributed by atoms with Crippen LogP contribution in [-0.2, 0) is 0 Å². The van der Waals surface area contributed by atoms with Crippen LogP contribution in [0.3, 0.4) is 0 Å². The van der Waals surface area contributed by atoms with Crippen LogP contribution in [0.15, 0.2) is 88.7 Å². The molecule has 5 rings (SSSR count). The Kier molecular flexibility index (Phi) is 5.46. The lowest BCUT2D eigenvalue weighted by molar-refractivity contribution is 0.102. The van der Waals surface area contributed by atoms with E-state index in [1.807, 2.05) is 47.8 Å². The predicted octanol–water partition coefficient (Wildman–Crippen LogP) is 6.05. The molecule has 0 bridgehead atoms. The van der Waals surface area contributed by atoms with E-state index in [4.69, 9.17) is 9.15 Å². The van der Waals surface area contributed by atoms with Gasteiger partial charge in [-0.3, -0.25) is 14.9 Å². The Hall–Kier alpha value is -4.23. The third kappa shape index (κ3) is 4.14. The molecule has 2 heterocycles. The standard InChI is InChI=1S/C26H18N2O4S/c1-31-21-9-5-8-19-14-22(32-24(19)21)20-15-33-26(27-20)28-25(30)18-12-10-17(11-13-18)23(29)16-6-3-2-4-7-16/h2-15H,1H3,(H,27,28,30). The molecule has 0 radical (unpaired) electrons. The van der Waals surface area contributed by atoms with Crippen LogP contribution in [0.2, 0.25) is 0 Å². The minimum atomic E-state index is -0.305. The Labute approximate surface area is 193 Å². The van der Waals surface area contributed by atoms with Crippen molar-refractivity contribution >= 4 is 39.1 Å². The Morgan fingerprint density at radius 2 is 1.64 bits per heavy atom. The molecule has 5 aromatic rings. The highest BCUT2D eigenvalue weighted by Crippen LogP contribution is 2.34. The molecule has 0 aliphatic carbocycles. The average Bonchev–Trinajstić information content (AvgIpc) is 3.51. The molecule has 0 unspecified atom stereocenters. The fourth-order valence-electron chi connectivity index (χ4n) is 3.47. The van der Waals surface area contributed by atoms with Gasteiger partial charge in [0.25, 0.3) is 5.91 Å². The lowest BCUT2D eigenvalue weighted by atomic mass is 10.0. The second-order valence-corrected chi connectivity index (χ2v) is 8.11. The topological polar surface area (TPSA) is 81.4 Å². The number of carbonyl (C=O) groups is 2. The van der Waals surface area contributed by atoms with Gasteiger partial charge in [0.2, 0.25) is 0 Å². The van der Waals surface area contributed by atoms with Gasteiger partial charge in [-0.05, 0) is 24.3 Å². The number of anilines is 1. The Balaban J connectivity index is 1.31. The first-order valence-electron chi connectivity index (χ1n) is 10.2. The summed E-state index contributed by atoms with van der Waals surface area (Å²) in [6.45, 7) is 0. The molecule has 1 N–H and O–H groups in total. The molecule has 0 atom stereocenters. The van der Waals surface area contributed by atoms with Crippen molar-refractivity contribution in [2.45, 2.75) is 0 Å². The maximum Gasteiger partial charge on any atom is 0.257 e. The van der Waals surface area contributed by atoms with Crippen LogP contribution in [0.1, 0.15) is 26.3 Å². The monoisotopic (exact) mass is 454 g/mol. The maximum absolute atomic E-state index is 12.7. The molecule has 0 aliphatic heterocycles. The average molecular weight is 455 g/mol. The molecule has 0 saturated heterocycles. The van der Waals surface area contributed by atoms with E-state index >= 15 is 0 Å². The number of fused-ring (bicyclic) bond motifs is 1. The number of hydrogen-bond donors (Lipinski definition) is 1. The molecule has 1 amide bonds. The summed E-state index contributed by atoms with van der Waals surface area (Å²) in [6, 6.07) is 23.1. The summed E-state index contributed by atoms with van der Waals surface area (Å²) in [4.78, 5) is 29.7. The third-order valence-corrected chi connectivity index (χ3v) is 5.91. The van der Waals surface area contributed by atoms with Gasteiger partial charge in [-0.2, -0.15) is 0 Å². The van der Waals surface area contributed by atoms with E-state index < -0.39 is 0 Å². The van der Waals surface area contributed by atoms with Crippen LogP contribution in [0.25, 0.3) is 22.4 Å². The number of amides is 1. The number of rotatable bonds is 6. The van der Waals surface area contributed by atoms with Gasteiger partial charge in [-0.25, -0.2) is 4.98 Å². The van der Waals surface area contributed by atoms with Gasteiger partial charge in [0.15, 0.2) is 28.0 Å². The molecule has 33 heavy (non-hydrogen) atoms. The van der Waals surface area contributed by atoms with Crippen LogP contribution in [0, 0.1) is 0 Å². The van der Waals surface area contributed by atoms with Gasteiger partial charge < -0.3 is 9.15 Å². The van der Waals surface area contributed by atoms with E-state index in [9.17, 15) is 9.59 Å². The number of hydrogen-bond acceptors (Lipinski definition) is 6. The highest BCUT2D eigenvalue weighted by atomic mass is 32.1. The van der Waals surface area contributed by atoms with Gasteiger partial charge >= 0.3 is 0 Å². The molecule has 6 nitrogen and oxygen atoms in total. The van der Waals surface area contributed by atoms with Gasteiger partial charge in [0.1, 0.15) is 5.69 Å². The van der Waals surface area contributed by atoms with Crippen molar-refractivity contribution in [3.8, 4) is 17.2 Å². The predicted molar refractivity (Wildman–Crippen MR) is 128 cm³/mol. The summed E-state index contributed by atoms with van der Waals surface area (Å²) in [5.74, 6) is 0.849. The largest absolute Gasteiger partial charge is 0.493 e. The van der Waals surface area contributed by atoms with E-state index in [0.29, 0.717) is 44.6 Å². The summed E-state index contributed by atoms with van der Waals surface area (Å²) >= 11 is 1.30. The lowest BCUT2D eigenvalue weighted by Gasteiger charge is -2.04.